The number of furan rings is 1. The van der Waals surface area contributed by atoms with Gasteiger partial charge in [0.2, 0.25) is 12.3 Å². The third-order valence-corrected chi connectivity index (χ3v) is 13.5. The molecule has 0 radical (unpaired) electrons. The summed E-state index contributed by atoms with van der Waals surface area (Å²) in [6.07, 6.45) is 2.33. The summed E-state index contributed by atoms with van der Waals surface area (Å²) in [7, 11) is 0. The number of rotatable bonds is 8. The molecule has 9 aromatic rings. The highest BCUT2D eigenvalue weighted by molar-refractivity contribution is 6.32. The fourth-order valence-electron chi connectivity index (χ4n) is 10.7. The van der Waals surface area contributed by atoms with Gasteiger partial charge in [-0.3, -0.25) is 4.57 Å². The molecule has 0 saturated heterocycles. The van der Waals surface area contributed by atoms with E-state index in [2.05, 4.69) is 189 Å². The van der Waals surface area contributed by atoms with Gasteiger partial charge in [-0.25, -0.2) is 0 Å². The Bertz CT molecular complexity index is 3130. The molecule has 0 saturated carbocycles. The molecule has 0 aliphatic carbocycles. The lowest BCUT2D eigenvalue weighted by atomic mass is 9.84. The molecule has 296 valence electrons. The van der Waals surface area contributed by atoms with E-state index in [9.17, 15) is 0 Å². The van der Waals surface area contributed by atoms with E-state index in [1.165, 1.54) is 110 Å². The second-order valence-electron chi connectivity index (χ2n) is 18.9. The molecule has 1 aliphatic heterocycles. The fourth-order valence-corrected chi connectivity index (χ4v) is 10.7. The summed E-state index contributed by atoms with van der Waals surface area (Å²) in [6, 6.07) is 37.4. The standard InChI is InChI=1S/C56H57N2O/c1-30(2)37-16-12-15-35(11)49(37)45-28-46-44-27-36(50-38(31(3)4)17-13-18-39(50)32(5)6)21-23-47(44)58-29-57-26-25-43(51-40(33(7)8)19-14-20-41(51)34(9)10)56-55(57)53-48(59-56)24-22-42(45)52(53)54(46)58/h12-28,30-34H,29H2,1-11H3/q+1. The minimum atomic E-state index is 0.375. The smallest absolute Gasteiger partial charge is 0.262 e. The average Bonchev–Trinajstić information content (AvgIpc) is 3.70. The molecule has 3 aromatic heterocycles. The Hall–Kier alpha value is -5.67. The minimum Gasteiger partial charge on any atom is -0.449 e. The van der Waals surface area contributed by atoms with Gasteiger partial charge in [0.1, 0.15) is 11.0 Å². The molecule has 10 rings (SSSR count). The first kappa shape index (κ1) is 37.6. The number of hydrogen-bond donors (Lipinski definition) is 0. The van der Waals surface area contributed by atoms with Crippen LogP contribution in [0.4, 0.5) is 0 Å². The van der Waals surface area contributed by atoms with Gasteiger partial charge in [-0.05, 0) is 133 Å². The zero-order chi connectivity index (χ0) is 41.2. The SMILES string of the molecule is Cc1cccc(C(C)C)c1-c1cc2c3cc(-c4c(C(C)C)cccc4C(C)C)ccc3n3c2c2c1ccc1oc4c(-c5c(C(C)C)cccc5C(C)C)cc[n+](c4c12)C3. The van der Waals surface area contributed by atoms with E-state index in [4.69, 9.17) is 4.42 Å². The summed E-state index contributed by atoms with van der Waals surface area (Å²) in [6.45, 7) is 26.2. The van der Waals surface area contributed by atoms with Gasteiger partial charge < -0.3 is 4.42 Å². The number of pyridine rings is 1. The van der Waals surface area contributed by atoms with E-state index in [1.807, 2.05) is 0 Å². The predicted octanol–water partition coefficient (Wildman–Crippen LogP) is 15.9. The number of aryl methyl sites for hydroxylation is 1. The van der Waals surface area contributed by atoms with Crippen LogP contribution in [-0.4, -0.2) is 4.57 Å². The van der Waals surface area contributed by atoms with Crippen LogP contribution in [0, 0.1) is 6.92 Å². The molecule has 4 heterocycles. The van der Waals surface area contributed by atoms with E-state index < -0.39 is 0 Å². The molecule has 3 heteroatoms. The van der Waals surface area contributed by atoms with E-state index in [0.29, 0.717) is 36.3 Å². The molecule has 0 N–H and O–H groups in total. The van der Waals surface area contributed by atoms with Crippen LogP contribution in [-0.2, 0) is 6.67 Å². The number of nitrogens with zero attached hydrogens (tertiary/aromatic N) is 2. The fraction of sp³-hybridized carbons (Fsp3) is 0.304. The van der Waals surface area contributed by atoms with Crippen LogP contribution in [0.15, 0.2) is 108 Å². The largest absolute Gasteiger partial charge is 0.449 e. The van der Waals surface area contributed by atoms with Crippen molar-refractivity contribution in [2.45, 2.75) is 112 Å². The van der Waals surface area contributed by atoms with Gasteiger partial charge in [-0.2, -0.15) is 4.57 Å². The maximum absolute atomic E-state index is 7.20. The number of benzene rings is 6. The Labute approximate surface area is 349 Å². The summed E-state index contributed by atoms with van der Waals surface area (Å²) in [5.41, 5.74) is 21.8. The van der Waals surface area contributed by atoms with Crippen molar-refractivity contribution < 1.29 is 8.98 Å². The zero-order valence-electron chi connectivity index (χ0n) is 36.7. The van der Waals surface area contributed by atoms with Crippen LogP contribution in [0.2, 0.25) is 0 Å². The molecule has 0 fully saturated rings. The van der Waals surface area contributed by atoms with Crippen molar-refractivity contribution in [3.05, 3.63) is 137 Å². The van der Waals surface area contributed by atoms with Crippen molar-refractivity contribution in [2.24, 2.45) is 0 Å². The summed E-state index contributed by atoms with van der Waals surface area (Å²) in [4.78, 5) is 0. The molecule has 0 unspecified atom stereocenters. The van der Waals surface area contributed by atoms with Gasteiger partial charge in [0.15, 0.2) is 6.20 Å². The summed E-state index contributed by atoms with van der Waals surface area (Å²) < 4.78 is 12.3. The Morgan fingerprint density at radius 2 is 1.10 bits per heavy atom. The number of aromatic nitrogens is 2. The topological polar surface area (TPSA) is 21.9 Å². The summed E-state index contributed by atoms with van der Waals surface area (Å²) in [5, 5.41) is 6.40. The van der Waals surface area contributed by atoms with Gasteiger partial charge in [0.25, 0.3) is 5.52 Å². The van der Waals surface area contributed by atoms with Gasteiger partial charge >= 0.3 is 0 Å². The Kier molecular flexibility index (Phi) is 8.73. The van der Waals surface area contributed by atoms with Gasteiger partial charge in [-0.1, -0.05) is 130 Å². The lowest BCUT2D eigenvalue weighted by Gasteiger charge is -2.20. The molecule has 0 spiro atoms. The molecular weight excluding hydrogens is 717 g/mol. The summed E-state index contributed by atoms with van der Waals surface area (Å²) in [5.74, 6) is 1.95. The van der Waals surface area contributed by atoms with Crippen molar-refractivity contribution in [1.82, 2.24) is 4.57 Å². The van der Waals surface area contributed by atoms with Crippen molar-refractivity contribution in [3.8, 4) is 33.4 Å². The first-order chi connectivity index (χ1) is 28.3. The second-order valence-corrected chi connectivity index (χ2v) is 18.9. The van der Waals surface area contributed by atoms with Crippen molar-refractivity contribution in [3.63, 3.8) is 0 Å². The third kappa shape index (κ3) is 5.49. The van der Waals surface area contributed by atoms with Crippen LogP contribution in [0.3, 0.4) is 0 Å². The second kappa shape index (κ2) is 13.7. The Morgan fingerprint density at radius 1 is 0.525 bits per heavy atom. The molecule has 0 amide bonds. The zero-order valence-corrected chi connectivity index (χ0v) is 36.7. The molecule has 1 aliphatic rings. The van der Waals surface area contributed by atoms with E-state index in [0.717, 1.165) is 11.2 Å². The predicted molar refractivity (Wildman–Crippen MR) is 251 cm³/mol. The molecule has 0 atom stereocenters. The molecule has 59 heavy (non-hydrogen) atoms. The minimum absolute atomic E-state index is 0.375. The molecular formula is C56H57N2O+. The average molecular weight is 774 g/mol. The first-order valence-electron chi connectivity index (χ1n) is 22.0. The van der Waals surface area contributed by atoms with Crippen molar-refractivity contribution in [1.29, 1.82) is 0 Å². The Morgan fingerprint density at radius 3 is 1.71 bits per heavy atom. The highest BCUT2D eigenvalue weighted by Gasteiger charge is 2.33. The van der Waals surface area contributed by atoms with Crippen LogP contribution >= 0.6 is 0 Å². The summed E-state index contributed by atoms with van der Waals surface area (Å²) >= 11 is 0. The van der Waals surface area contributed by atoms with Gasteiger partial charge in [0, 0.05) is 27.8 Å². The van der Waals surface area contributed by atoms with Crippen LogP contribution in [0.25, 0.3) is 88.0 Å². The monoisotopic (exact) mass is 773 g/mol. The molecule has 3 nitrogen and oxygen atoms in total. The number of fused-ring (bicyclic) bond motifs is 3. The number of hydrogen-bond acceptors (Lipinski definition) is 1. The van der Waals surface area contributed by atoms with E-state index in [1.54, 1.807) is 0 Å². The molecule has 6 aromatic carbocycles. The van der Waals surface area contributed by atoms with Crippen molar-refractivity contribution >= 4 is 54.6 Å². The van der Waals surface area contributed by atoms with E-state index in [-0.39, 0.29) is 0 Å². The third-order valence-electron chi connectivity index (χ3n) is 13.5. The maximum atomic E-state index is 7.20. The normalized spacial score (nSPS) is 13.0. The van der Waals surface area contributed by atoms with E-state index >= 15 is 0 Å². The van der Waals surface area contributed by atoms with Gasteiger partial charge in [-0.15, -0.1) is 0 Å². The lowest BCUT2D eigenvalue weighted by molar-refractivity contribution is -0.674. The Balaban J connectivity index is 1.39. The highest BCUT2D eigenvalue weighted by Crippen LogP contribution is 2.50. The van der Waals surface area contributed by atoms with Crippen molar-refractivity contribution in [2.75, 3.05) is 0 Å². The van der Waals surface area contributed by atoms with Gasteiger partial charge in [0.05, 0.1) is 11.0 Å². The molecule has 0 bridgehead atoms. The highest BCUT2D eigenvalue weighted by atomic mass is 16.3. The quantitative estimate of drug-likeness (QED) is 0.141. The lowest BCUT2D eigenvalue weighted by Crippen LogP contribution is -2.37. The van der Waals surface area contributed by atoms with Crippen LogP contribution in [0.5, 0.6) is 0 Å². The maximum Gasteiger partial charge on any atom is 0.262 e. The van der Waals surface area contributed by atoms with Crippen LogP contribution in [0.1, 0.15) is 132 Å². The van der Waals surface area contributed by atoms with Crippen LogP contribution < -0.4 is 4.57 Å². The first-order valence-corrected chi connectivity index (χ1v) is 22.0.